The van der Waals surface area contributed by atoms with Gasteiger partial charge in [-0.1, -0.05) is 30.2 Å². The van der Waals surface area contributed by atoms with Crippen LogP contribution >= 0.6 is 11.6 Å². The van der Waals surface area contributed by atoms with Crippen LogP contribution in [-0.2, 0) is 0 Å². The highest BCUT2D eigenvalue weighted by molar-refractivity contribution is 6.30. The summed E-state index contributed by atoms with van der Waals surface area (Å²) in [6, 6.07) is 4.74. The molecule has 0 spiro atoms. The van der Waals surface area contributed by atoms with Gasteiger partial charge in [-0.25, -0.2) is 0 Å². The number of nitro groups is 1. The zero-order valence-electron chi connectivity index (χ0n) is 11.7. The third kappa shape index (κ3) is 3.73. The molecule has 2 rings (SSSR count). The van der Waals surface area contributed by atoms with Gasteiger partial charge >= 0.3 is 0 Å². The number of hydrogen-bond acceptors (Lipinski definition) is 3. The normalized spacial score (nSPS) is 22.2. The van der Waals surface area contributed by atoms with Crippen molar-refractivity contribution in [3.63, 3.8) is 0 Å². The van der Waals surface area contributed by atoms with Crippen LogP contribution in [0, 0.1) is 22.0 Å². The van der Waals surface area contributed by atoms with E-state index in [-0.39, 0.29) is 5.69 Å². The number of hydrogen-bond donors (Lipinski definition) is 1. The van der Waals surface area contributed by atoms with Crippen molar-refractivity contribution < 1.29 is 4.92 Å². The molecule has 0 amide bonds. The molecular weight excluding hydrogens is 276 g/mol. The van der Waals surface area contributed by atoms with Gasteiger partial charge in [0.15, 0.2) is 0 Å². The molecule has 0 aliphatic heterocycles. The molecule has 0 saturated heterocycles. The molecule has 2 atom stereocenters. The van der Waals surface area contributed by atoms with Crippen LogP contribution in [-0.4, -0.2) is 11.5 Å². The summed E-state index contributed by atoms with van der Waals surface area (Å²) in [7, 11) is 0. The summed E-state index contributed by atoms with van der Waals surface area (Å²) in [5.41, 5.74) is 1.98. The lowest BCUT2D eigenvalue weighted by atomic mass is 9.84. The maximum Gasteiger partial charge on any atom is 0.293 e. The first-order valence-corrected chi connectivity index (χ1v) is 7.18. The van der Waals surface area contributed by atoms with E-state index in [9.17, 15) is 10.1 Å². The minimum Gasteiger partial charge on any atom is -0.379 e. The van der Waals surface area contributed by atoms with E-state index in [0.717, 1.165) is 19.4 Å². The summed E-state index contributed by atoms with van der Waals surface area (Å²) in [5.74, 6) is 1.10. The van der Waals surface area contributed by atoms with Gasteiger partial charge in [0, 0.05) is 17.6 Å². The second kappa shape index (κ2) is 6.27. The molecule has 1 aromatic carbocycles. The zero-order valence-corrected chi connectivity index (χ0v) is 12.5. The molecule has 1 aliphatic rings. The van der Waals surface area contributed by atoms with E-state index in [2.05, 4.69) is 25.2 Å². The Hall–Kier alpha value is -1.55. The van der Waals surface area contributed by atoms with Gasteiger partial charge in [0.2, 0.25) is 0 Å². The molecule has 1 N–H and O–H groups in total. The number of nitrogens with zero attached hydrogens (tertiary/aromatic N) is 1. The molecule has 0 bridgehead atoms. The van der Waals surface area contributed by atoms with Crippen LogP contribution in [0.15, 0.2) is 29.8 Å². The van der Waals surface area contributed by atoms with Gasteiger partial charge in [-0.2, -0.15) is 0 Å². The van der Waals surface area contributed by atoms with Crippen LogP contribution in [0.1, 0.15) is 26.7 Å². The van der Waals surface area contributed by atoms with Crippen molar-refractivity contribution in [1.82, 2.24) is 0 Å². The van der Waals surface area contributed by atoms with E-state index in [4.69, 9.17) is 11.6 Å². The lowest BCUT2D eigenvalue weighted by molar-refractivity contribution is -0.383. The highest BCUT2D eigenvalue weighted by Gasteiger charge is 2.20. The molecule has 0 radical (unpaired) electrons. The lowest BCUT2D eigenvalue weighted by Gasteiger charge is -2.25. The topological polar surface area (TPSA) is 55.2 Å². The Kier molecular flexibility index (Phi) is 4.65. The molecule has 0 heterocycles. The van der Waals surface area contributed by atoms with Crippen molar-refractivity contribution in [1.29, 1.82) is 0 Å². The zero-order chi connectivity index (χ0) is 14.7. The monoisotopic (exact) mass is 294 g/mol. The number of anilines is 1. The van der Waals surface area contributed by atoms with E-state index in [0.29, 0.717) is 22.5 Å². The van der Waals surface area contributed by atoms with Crippen LogP contribution in [0.5, 0.6) is 0 Å². The number of rotatable bonds is 4. The fraction of sp³-hybridized carbons (Fsp3) is 0.467. The maximum atomic E-state index is 11.0. The van der Waals surface area contributed by atoms with Crippen molar-refractivity contribution in [3.8, 4) is 0 Å². The quantitative estimate of drug-likeness (QED) is 0.499. The molecular formula is C15H19ClN2O2. The fourth-order valence-electron chi connectivity index (χ4n) is 2.90. The first-order valence-electron chi connectivity index (χ1n) is 6.81. The van der Waals surface area contributed by atoms with E-state index in [1.54, 1.807) is 12.1 Å². The van der Waals surface area contributed by atoms with Crippen molar-refractivity contribution >= 4 is 23.0 Å². The van der Waals surface area contributed by atoms with E-state index in [1.165, 1.54) is 11.6 Å². The van der Waals surface area contributed by atoms with Gasteiger partial charge in [-0.3, -0.25) is 10.1 Å². The number of allylic oxidation sites excluding steroid dienone is 2. The van der Waals surface area contributed by atoms with Gasteiger partial charge in [0.05, 0.1) is 4.92 Å². The average Bonchev–Trinajstić information content (AvgIpc) is 2.36. The SMILES string of the molecule is CC1=CC(C)CC(CNc2ccc(Cl)cc2[N+](=O)[O-])C1. The molecule has 5 heteroatoms. The molecule has 0 fully saturated rings. The number of benzene rings is 1. The molecule has 108 valence electrons. The minimum absolute atomic E-state index is 0.0358. The number of nitrogens with one attached hydrogen (secondary N) is 1. The van der Waals surface area contributed by atoms with Crippen molar-refractivity contribution in [2.24, 2.45) is 11.8 Å². The first kappa shape index (κ1) is 14.9. The summed E-state index contributed by atoms with van der Waals surface area (Å²) >= 11 is 5.81. The first-order chi connectivity index (χ1) is 9.45. The third-order valence-electron chi connectivity index (χ3n) is 3.62. The molecule has 2 unspecified atom stereocenters. The Morgan fingerprint density at radius 1 is 1.50 bits per heavy atom. The Morgan fingerprint density at radius 2 is 2.25 bits per heavy atom. The Balaban J connectivity index is 2.04. The van der Waals surface area contributed by atoms with Crippen LogP contribution in [0.2, 0.25) is 5.02 Å². The third-order valence-corrected chi connectivity index (χ3v) is 3.86. The lowest BCUT2D eigenvalue weighted by Crippen LogP contribution is -2.20. The van der Waals surface area contributed by atoms with Crippen molar-refractivity contribution in [3.05, 3.63) is 45.0 Å². The second-order valence-corrected chi connectivity index (χ2v) is 6.03. The number of nitro benzene ring substituents is 1. The van der Waals surface area contributed by atoms with Gasteiger partial charge in [0.1, 0.15) is 5.69 Å². The smallest absolute Gasteiger partial charge is 0.293 e. The van der Waals surface area contributed by atoms with E-state index in [1.807, 2.05) is 0 Å². The van der Waals surface area contributed by atoms with Gasteiger partial charge in [-0.05, 0) is 43.7 Å². The summed E-state index contributed by atoms with van der Waals surface area (Å²) in [6.45, 7) is 5.10. The van der Waals surface area contributed by atoms with Crippen molar-refractivity contribution in [2.45, 2.75) is 26.7 Å². The Labute approximate surface area is 124 Å². The minimum atomic E-state index is -0.400. The number of halogens is 1. The van der Waals surface area contributed by atoms with Crippen LogP contribution in [0.4, 0.5) is 11.4 Å². The summed E-state index contributed by atoms with van der Waals surface area (Å²) in [4.78, 5) is 10.6. The van der Waals surface area contributed by atoms with Crippen molar-refractivity contribution in [2.75, 3.05) is 11.9 Å². The summed E-state index contributed by atoms with van der Waals surface area (Å²) in [5, 5.41) is 14.6. The van der Waals surface area contributed by atoms with Crippen LogP contribution in [0.3, 0.4) is 0 Å². The average molecular weight is 295 g/mol. The van der Waals surface area contributed by atoms with Crippen LogP contribution < -0.4 is 5.32 Å². The van der Waals surface area contributed by atoms with E-state index >= 15 is 0 Å². The second-order valence-electron chi connectivity index (χ2n) is 5.60. The molecule has 0 saturated carbocycles. The standard InChI is InChI=1S/C15H19ClN2O2/c1-10-5-11(2)7-12(6-10)9-17-14-4-3-13(16)8-15(14)18(19)20/h3-5,8,10,12,17H,6-7,9H2,1-2H3. The Morgan fingerprint density at radius 3 is 2.90 bits per heavy atom. The molecule has 1 aliphatic carbocycles. The molecule has 20 heavy (non-hydrogen) atoms. The van der Waals surface area contributed by atoms with Gasteiger partial charge in [-0.15, -0.1) is 0 Å². The largest absolute Gasteiger partial charge is 0.379 e. The molecule has 0 aromatic heterocycles. The van der Waals surface area contributed by atoms with Gasteiger partial charge < -0.3 is 5.32 Å². The maximum absolute atomic E-state index is 11.0. The van der Waals surface area contributed by atoms with Gasteiger partial charge in [0.25, 0.3) is 5.69 Å². The summed E-state index contributed by atoms with van der Waals surface area (Å²) in [6.07, 6.45) is 4.48. The fourth-order valence-corrected chi connectivity index (χ4v) is 3.07. The van der Waals surface area contributed by atoms with Crippen LogP contribution in [0.25, 0.3) is 0 Å². The highest BCUT2D eigenvalue weighted by atomic mass is 35.5. The van der Waals surface area contributed by atoms with E-state index < -0.39 is 4.92 Å². The predicted octanol–water partition coefficient (Wildman–Crippen LogP) is 4.65. The predicted molar refractivity (Wildman–Crippen MR) is 82.2 cm³/mol. The highest BCUT2D eigenvalue weighted by Crippen LogP contribution is 2.31. The molecule has 4 nitrogen and oxygen atoms in total. The summed E-state index contributed by atoms with van der Waals surface area (Å²) < 4.78 is 0. The molecule has 1 aromatic rings. The Bertz CT molecular complexity index is 543.